The Morgan fingerprint density at radius 2 is 1.92 bits per heavy atom. The maximum absolute atomic E-state index is 12.0. The van der Waals surface area contributed by atoms with Crippen molar-refractivity contribution >= 4 is 17.5 Å². The largest absolute Gasteiger partial charge is 0.492 e. The first-order chi connectivity index (χ1) is 11.5. The fraction of sp³-hybridized carbons (Fsp3) is 0.316. The highest BCUT2D eigenvalue weighted by Crippen LogP contribution is 2.18. The molecule has 0 saturated heterocycles. The van der Waals surface area contributed by atoms with Crippen LogP contribution < -0.4 is 14.8 Å². The SMILES string of the molecule is Cc1ccc(OCCNC(=O)C(C)Oc2cccc(Cl)c2)cc1C. The summed E-state index contributed by atoms with van der Waals surface area (Å²) in [5.41, 5.74) is 2.41. The van der Waals surface area contributed by atoms with E-state index in [1.165, 1.54) is 11.1 Å². The third-order valence-corrected chi connectivity index (χ3v) is 3.86. The molecule has 1 unspecified atom stereocenters. The van der Waals surface area contributed by atoms with Gasteiger partial charge in [-0.1, -0.05) is 23.7 Å². The van der Waals surface area contributed by atoms with E-state index in [-0.39, 0.29) is 5.91 Å². The van der Waals surface area contributed by atoms with Crippen molar-refractivity contribution in [2.24, 2.45) is 0 Å². The van der Waals surface area contributed by atoms with E-state index in [0.29, 0.717) is 23.9 Å². The number of carbonyl (C=O) groups is 1. The molecule has 0 saturated carbocycles. The number of halogens is 1. The number of rotatable bonds is 7. The Morgan fingerprint density at radius 3 is 2.62 bits per heavy atom. The van der Waals surface area contributed by atoms with Crippen molar-refractivity contribution in [1.29, 1.82) is 0 Å². The van der Waals surface area contributed by atoms with E-state index in [4.69, 9.17) is 21.1 Å². The van der Waals surface area contributed by atoms with Crippen molar-refractivity contribution in [3.8, 4) is 11.5 Å². The molecule has 0 radical (unpaired) electrons. The molecule has 0 spiro atoms. The predicted octanol–water partition coefficient (Wildman–Crippen LogP) is 3.92. The lowest BCUT2D eigenvalue weighted by Gasteiger charge is -2.15. The molecule has 0 fully saturated rings. The molecule has 1 N–H and O–H groups in total. The van der Waals surface area contributed by atoms with Gasteiger partial charge in [0, 0.05) is 5.02 Å². The second-order valence-electron chi connectivity index (χ2n) is 5.60. The van der Waals surface area contributed by atoms with Gasteiger partial charge in [-0.15, -0.1) is 0 Å². The summed E-state index contributed by atoms with van der Waals surface area (Å²) in [4.78, 5) is 12.0. The molecule has 0 heterocycles. The number of benzene rings is 2. The summed E-state index contributed by atoms with van der Waals surface area (Å²) in [6.07, 6.45) is -0.606. The summed E-state index contributed by atoms with van der Waals surface area (Å²) in [6.45, 7) is 6.60. The van der Waals surface area contributed by atoms with E-state index >= 15 is 0 Å². The summed E-state index contributed by atoms with van der Waals surface area (Å²) in [6, 6.07) is 12.9. The summed E-state index contributed by atoms with van der Waals surface area (Å²) in [5.74, 6) is 1.17. The first-order valence-electron chi connectivity index (χ1n) is 7.85. The van der Waals surface area contributed by atoms with Gasteiger partial charge in [0.15, 0.2) is 6.10 Å². The molecular weight excluding hydrogens is 326 g/mol. The van der Waals surface area contributed by atoms with E-state index in [1.807, 2.05) is 25.1 Å². The Bertz CT molecular complexity index is 703. The van der Waals surface area contributed by atoms with Gasteiger partial charge in [-0.25, -0.2) is 0 Å². The van der Waals surface area contributed by atoms with Crippen LogP contribution in [0.25, 0.3) is 0 Å². The van der Waals surface area contributed by atoms with Crippen molar-refractivity contribution < 1.29 is 14.3 Å². The van der Waals surface area contributed by atoms with Crippen LogP contribution in [0, 0.1) is 13.8 Å². The zero-order chi connectivity index (χ0) is 17.5. The molecule has 0 aliphatic carbocycles. The smallest absolute Gasteiger partial charge is 0.260 e. The van der Waals surface area contributed by atoms with Crippen LogP contribution in [0.4, 0.5) is 0 Å². The standard InChI is InChI=1S/C19H22ClNO3/c1-13-7-8-17(11-14(13)2)23-10-9-21-19(22)15(3)24-18-6-4-5-16(20)12-18/h4-8,11-12,15H,9-10H2,1-3H3,(H,21,22). The van der Waals surface area contributed by atoms with Gasteiger partial charge in [0.25, 0.3) is 5.91 Å². The van der Waals surface area contributed by atoms with E-state index in [1.54, 1.807) is 31.2 Å². The predicted molar refractivity (Wildman–Crippen MR) is 96.0 cm³/mol. The van der Waals surface area contributed by atoms with Crippen LogP contribution in [0.2, 0.25) is 5.02 Å². The fourth-order valence-electron chi connectivity index (χ4n) is 2.09. The summed E-state index contributed by atoms with van der Waals surface area (Å²) in [5, 5.41) is 3.36. The second kappa shape index (κ2) is 8.60. The maximum Gasteiger partial charge on any atom is 0.260 e. The summed E-state index contributed by atoms with van der Waals surface area (Å²) >= 11 is 5.89. The fourth-order valence-corrected chi connectivity index (χ4v) is 2.27. The van der Waals surface area contributed by atoms with Crippen molar-refractivity contribution in [2.45, 2.75) is 26.9 Å². The molecule has 0 aliphatic heterocycles. The molecule has 2 rings (SSSR count). The van der Waals surface area contributed by atoms with Crippen LogP contribution in [0.5, 0.6) is 11.5 Å². The van der Waals surface area contributed by atoms with E-state index in [9.17, 15) is 4.79 Å². The molecule has 2 aromatic rings. The van der Waals surface area contributed by atoms with Gasteiger partial charge in [0.2, 0.25) is 0 Å². The highest BCUT2D eigenvalue weighted by atomic mass is 35.5. The van der Waals surface area contributed by atoms with E-state index in [2.05, 4.69) is 12.2 Å². The molecule has 0 bridgehead atoms. The molecular formula is C19H22ClNO3. The minimum Gasteiger partial charge on any atom is -0.492 e. The lowest BCUT2D eigenvalue weighted by Crippen LogP contribution is -2.38. The topological polar surface area (TPSA) is 47.6 Å². The Kier molecular flexibility index (Phi) is 6.50. The number of ether oxygens (including phenoxy) is 2. The van der Waals surface area contributed by atoms with Gasteiger partial charge in [-0.2, -0.15) is 0 Å². The van der Waals surface area contributed by atoms with Crippen molar-refractivity contribution in [2.75, 3.05) is 13.2 Å². The van der Waals surface area contributed by atoms with Gasteiger partial charge in [0.05, 0.1) is 6.54 Å². The molecule has 24 heavy (non-hydrogen) atoms. The molecule has 0 aliphatic rings. The van der Waals surface area contributed by atoms with Crippen molar-refractivity contribution in [3.05, 3.63) is 58.6 Å². The molecule has 1 amide bonds. The third kappa shape index (κ3) is 5.46. The summed E-state index contributed by atoms with van der Waals surface area (Å²) in [7, 11) is 0. The number of amides is 1. The van der Waals surface area contributed by atoms with E-state index in [0.717, 1.165) is 5.75 Å². The molecule has 5 heteroatoms. The zero-order valence-electron chi connectivity index (χ0n) is 14.1. The minimum atomic E-state index is -0.606. The van der Waals surface area contributed by atoms with Crippen LogP contribution in [-0.2, 0) is 4.79 Å². The highest BCUT2D eigenvalue weighted by Gasteiger charge is 2.14. The monoisotopic (exact) mass is 347 g/mol. The molecule has 1 atom stereocenters. The molecule has 4 nitrogen and oxygen atoms in total. The first kappa shape index (κ1) is 18.1. The van der Waals surface area contributed by atoms with Crippen molar-refractivity contribution in [3.63, 3.8) is 0 Å². The van der Waals surface area contributed by atoms with Crippen LogP contribution in [0.3, 0.4) is 0 Å². The average Bonchev–Trinajstić information content (AvgIpc) is 2.54. The van der Waals surface area contributed by atoms with Crippen LogP contribution in [-0.4, -0.2) is 25.2 Å². The maximum atomic E-state index is 12.0. The van der Waals surface area contributed by atoms with Gasteiger partial charge < -0.3 is 14.8 Å². The number of carbonyl (C=O) groups excluding carboxylic acids is 1. The molecule has 2 aromatic carbocycles. The second-order valence-corrected chi connectivity index (χ2v) is 6.04. The minimum absolute atomic E-state index is 0.196. The van der Waals surface area contributed by atoms with E-state index < -0.39 is 6.10 Å². The van der Waals surface area contributed by atoms with Gasteiger partial charge in [-0.3, -0.25) is 4.79 Å². The van der Waals surface area contributed by atoms with Gasteiger partial charge in [0.1, 0.15) is 18.1 Å². The number of hydrogen-bond donors (Lipinski definition) is 1. The Labute approximate surface area is 147 Å². The Hall–Kier alpha value is -2.20. The third-order valence-electron chi connectivity index (χ3n) is 3.63. The first-order valence-corrected chi connectivity index (χ1v) is 8.23. The lowest BCUT2D eigenvalue weighted by molar-refractivity contribution is -0.127. The number of aryl methyl sites for hydroxylation is 2. The average molecular weight is 348 g/mol. The summed E-state index contributed by atoms with van der Waals surface area (Å²) < 4.78 is 11.2. The molecule has 128 valence electrons. The lowest BCUT2D eigenvalue weighted by atomic mass is 10.1. The van der Waals surface area contributed by atoms with Crippen LogP contribution in [0.15, 0.2) is 42.5 Å². The highest BCUT2D eigenvalue weighted by molar-refractivity contribution is 6.30. The Balaban J connectivity index is 1.73. The normalized spacial score (nSPS) is 11.7. The van der Waals surface area contributed by atoms with Crippen LogP contribution >= 0.6 is 11.6 Å². The number of nitrogens with one attached hydrogen (secondary N) is 1. The van der Waals surface area contributed by atoms with Gasteiger partial charge in [-0.05, 0) is 62.2 Å². The van der Waals surface area contributed by atoms with Gasteiger partial charge >= 0.3 is 0 Å². The van der Waals surface area contributed by atoms with Crippen LogP contribution in [0.1, 0.15) is 18.1 Å². The zero-order valence-corrected chi connectivity index (χ0v) is 14.9. The van der Waals surface area contributed by atoms with Crippen molar-refractivity contribution in [1.82, 2.24) is 5.32 Å². The molecule has 0 aromatic heterocycles. The quantitative estimate of drug-likeness (QED) is 0.772. The number of hydrogen-bond acceptors (Lipinski definition) is 3. The Morgan fingerprint density at radius 1 is 1.12 bits per heavy atom.